The molecule has 1 fully saturated rings. The standard InChI is InChI=1S/C13H25N3O4/c1-3-4-14-12(18)7-15(2)13(19)8-16-5-6-20-10-11(16)9-17/h11,17H,3-10H2,1-2H3,(H,14,18). The number of carbonyl (C=O) groups excluding carboxylic acids is 2. The van der Waals surface area contributed by atoms with Crippen molar-refractivity contribution in [3.8, 4) is 0 Å². The van der Waals surface area contributed by atoms with Gasteiger partial charge < -0.3 is 20.1 Å². The van der Waals surface area contributed by atoms with Gasteiger partial charge in [0.05, 0.1) is 39.0 Å². The van der Waals surface area contributed by atoms with Gasteiger partial charge in [0, 0.05) is 20.1 Å². The Morgan fingerprint density at radius 2 is 2.25 bits per heavy atom. The molecular weight excluding hydrogens is 262 g/mol. The molecule has 0 aliphatic carbocycles. The van der Waals surface area contributed by atoms with Crippen molar-refractivity contribution in [2.45, 2.75) is 19.4 Å². The highest BCUT2D eigenvalue weighted by molar-refractivity contribution is 5.85. The molecule has 0 bridgehead atoms. The molecule has 0 radical (unpaired) electrons. The Hall–Kier alpha value is -1.18. The van der Waals surface area contributed by atoms with E-state index in [0.717, 1.165) is 6.42 Å². The van der Waals surface area contributed by atoms with Crippen LogP contribution in [0, 0.1) is 0 Å². The summed E-state index contributed by atoms with van der Waals surface area (Å²) in [4.78, 5) is 26.9. The number of aliphatic hydroxyl groups excluding tert-OH is 1. The number of nitrogens with one attached hydrogen (secondary N) is 1. The fraction of sp³-hybridized carbons (Fsp3) is 0.846. The predicted molar refractivity (Wildman–Crippen MR) is 74.2 cm³/mol. The van der Waals surface area contributed by atoms with Crippen molar-refractivity contribution in [3.63, 3.8) is 0 Å². The molecule has 0 aromatic heterocycles. The Morgan fingerprint density at radius 1 is 1.50 bits per heavy atom. The summed E-state index contributed by atoms with van der Waals surface area (Å²) in [6.07, 6.45) is 0.870. The molecule has 2 N–H and O–H groups in total. The first-order valence-electron chi connectivity index (χ1n) is 7.01. The Balaban J connectivity index is 2.38. The van der Waals surface area contributed by atoms with E-state index in [0.29, 0.717) is 26.3 Å². The summed E-state index contributed by atoms with van der Waals surface area (Å²) in [5.74, 6) is -0.277. The summed E-state index contributed by atoms with van der Waals surface area (Å²) < 4.78 is 5.26. The zero-order chi connectivity index (χ0) is 15.0. The van der Waals surface area contributed by atoms with Crippen molar-refractivity contribution >= 4 is 11.8 Å². The monoisotopic (exact) mass is 287 g/mol. The molecule has 1 unspecified atom stereocenters. The van der Waals surface area contributed by atoms with Crippen molar-refractivity contribution in [1.29, 1.82) is 0 Å². The normalized spacial score (nSPS) is 19.6. The smallest absolute Gasteiger partial charge is 0.239 e. The van der Waals surface area contributed by atoms with Crippen LogP contribution in [0.15, 0.2) is 0 Å². The first kappa shape index (κ1) is 16.9. The second-order valence-corrected chi connectivity index (χ2v) is 4.98. The minimum Gasteiger partial charge on any atom is -0.395 e. The highest BCUT2D eigenvalue weighted by Crippen LogP contribution is 2.06. The van der Waals surface area contributed by atoms with Gasteiger partial charge in [-0.1, -0.05) is 6.92 Å². The lowest BCUT2D eigenvalue weighted by atomic mass is 10.2. The molecule has 1 atom stereocenters. The van der Waals surface area contributed by atoms with E-state index >= 15 is 0 Å². The molecule has 0 spiro atoms. The summed E-state index contributed by atoms with van der Waals surface area (Å²) >= 11 is 0. The van der Waals surface area contributed by atoms with Crippen LogP contribution in [0.2, 0.25) is 0 Å². The van der Waals surface area contributed by atoms with E-state index < -0.39 is 0 Å². The first-order valence-corrected chi connectivity index (χ1v) is 7.01. The number of carbonyl (C=O) groups is 2. The average Bonchev–Trinajstić information content (AvgIpc) is 2.45. The Bertz CT molecular complexity index is 325. The minimum atomic E-state index is -0.150. The van der Waals surface area contributed by atoms with Gasteiger partial charge in [0.25, 0.3) is 0 Å². The highest BCUT2D eigenvalue weighted by Gasteiger charge is 2.25. The van der Waals surface area contributed by atoms with E-state index in [1.807, 2.05) is 11.8 Å². The highest BCUT2D eigenvalue weighted by atomic mass is 16.5. The van der Waals surface area contributed by atoms with E-state index in [1.165, 1.54) is 4.90 Å². The number of hydrogen-bond donors (Lipinski definition) is 2. The quantitative estimate of drug-likeness (QED) is 0.606. The molecule has 0 saturated carbocycles. The molecule has 116 valence electrons. The van der Waals surface area contributed by atoms with Crippen LogP contribution < -0.4 is 5.32 Å². The van der Waals surface area contributed by atoms with Gasteiger partial charge >= 0.3 is 0 Å². The molecule has 1 rings (SSSR count). The zero-order valence-corrected chi connectivity index (χ0v) is 12.3. The summed E-state index contributed by atoms with van der Waals surface area (Å²) in [5.41, 5.74) is 0. The molecular formula is C13H25N3O4. The van der Waals surface area contributed by atoms with Crippen LogP contribution in [-0.2, 0) is 14.3 Å². The number of rotatable bonds is 7. The van der Waals surface area contributed by atoms with Crippen LogP contribution in [-0.4, -0.2) is 85.8 Å². The number of morpholine rings is 1. The van der Waals surface area contributed by atoms with E-state index in [9.17, 15) is 14.7 Å². The van der Waals surface area contributed by atoms with Crippen molar-refractivity contribution in [2.75, 3.05) is 53.0 Å². The molecule has 7 nitrogen and oxygen atoms in total. The van der Waals surface area contributed by atoms with Gasteiger partial charge in [-0.15, -0.1) is 0 Å². The third-order valence-corrected chi connectivity index (χ3v) is 3.28. The fourth-order valence-corrected chi connectivity index (χ4v) is 1.98. The average molecular weight is 287 g/mol. The molecule has 0 aromatic rings. The molecule has 1 saturated heterocycles. The van der Waals surface area contributed by atoms with Crippen LogP contribution in [0.25, 0.3) is 0 Å². The summed E-state index contributed by atoms with van der Waals surface area (Å²) in [5, 5.41) is 12.0. The van der Waals surface area contributed by atoms with Crippen LogP contribution in [0.3, 0.4) is 0 Å². The van der Waals surface area contributed by atoms with Gasteiger partial charge in [0.2, 0.25) is 11.8 Å². The number of likely N-dealkylation sites (N-methyl/N-ethyl adjacent to an activating group) is 1. The van der Waals surface area contributed by atoms with Crippen LogP contribution in [0.1, 0.15) is 13.3 Å². The number of amides is 2. The zero-order valence-electron chi connectivity index (χ0n) is 12.3. The van der Waals surface area contributed by atoms with Crippen LogP contribution >= 0.6 is 0 Å². The summed E-state index contributed by atoms with van der Waals surface area (Å²) in [6.45, 7) is 4.44. The third kappa shape index (κ3) is 5.44. The SMILES string of the molecule is CCCNC(=O)CN(C)C(=O)CN1CCOCC1CO. The summed E-state index contributed by atoms with van der Waals surface area (Å²) in [6, 6.07) is -0.144. The lowest BCUT2D eigenvalue weighted by Crippen LogP contribution is -2.52. The molecule has 20 heavy (non-hydrogen) atoms. The van der Waals surface area contributed by atoms with Crippen molar-refractivity contribution in [3.05, 3.63) is 0 Å². The van der Waals surface area contributed by atoms with Crippen LogP contribution in [0.4, 0.5) is 0 Å². The van der Waals surface area contributed by atoms with E-state index in [2.05, 4.69) is 5.32 Å². The molecule has 7 heteroatoms. The lowest BCUT2D eigenvalue weighted by Gasteiger charge is -2.34. The van der Waals surface area contributed by atoms with Crippen molar-refractivity contribution in [2.24, 2.45) is 0 Å². The largest absolute Gasteiger partial charge is 0.395 e. The summed E-state index contributed by atoms with van der Waals surface area (Å²) in [7, 11) is 1.61. The van der Waals surface area contributed by atoms with Crippen molar-refractivity contribution < 1.29 is 19.4 Å². The maximum Gasteiger partial charge on any atom is 0.239 e. The first-order chi connectivity index (χ1) is 9.58. The number of nitrogens with zero attached hydrogens (tertiary/aromatic N) is 2. The number of ether oxygens (including phenoxy) is 1. The van der Waals surface area contributed by atoms with E-state index in [1.54, 1.807) is 7.05 Å². The van der Waals surface area contributed by atoms with Gasteiger partial charge in [-0.05, 0) is 6.42 Å². The maximum absolute atomic E-state index is 12.1. The number of hydrogen-bond acceptors (Lipinski definition) is 5. The predicted octanol–water partition coefficient (Wildman–Crippen LogP) is -1.34. The van der Waals surface area contributed by atoms with Gasteiger partial charge in [-0.25, -0.2) is 0 Å². The Kier molecular flexibility index (Phi) is 7.50. The topological polar surface area (TPSA) is 82.1 Å². The second-order valence-electron chi connectivity index (χ2n) is 4.98. The van der Waals surface area contributed by atoms with E-state index in [-0.39, 0.29) is 37.6 Å². The molecule has 0 aromatic carbocycles. The van der Waals surface area contributed by atoms with Gasteiger partial charge in [0.1, 0.15) is 0 Å². The van der Waals surface area contributed by atoms with Crippen molar-refractivity contribution in [1.82, 2.24) is 15.1 Å². The molecule has 1 aliphatic rings. The van der Waals surface area contributed by atoms with Crippen LogP contribution in [0.5, 0.6) is 0 Å². The fourth-order valence-electron chi connectivity index (χ4n) is 1.98. The molecule has 1 aliphatic heterocycles. The maximum atomic E-state index is 12.1. The van der Waals surface area contributed by atoms with Gasteiger partial charge in [-0.3, -0.25) is 14.5 Å². The lowest BCUT2D eigenvalue weighted by molar-refractivity contribution is -0.137. The van der Waals surface area contributed by atoms with E-state index in [4.69, 9.17) is 4.74 Å². The molecule has 1 heterocycles. The third-order valence-electron chi connectivity index (χ3n) is 3.28. The van der Waals surface area contributed by atoms with Gasteiger partial charge in [-0.2, -0.15) is 0 Å². The Labute approximate surface area is 119 Å². The van der Waals surface area contributed by atoms with Gasteiger partial charge in [0.15, 0.2) is 0 Å². The number of aliphatic hydroxyl groups is 1. The minimum absolute atomic E-state index is 0.0337. The Morgan fingerprint density at radius 3 is 2.90 bits per heavy atom. The molecule has 2 amide bonds. The second kappa shape index (κ2) is 8.89.